The second-order valence-electron chi connectivity index (χ2n) is 12.2. The Bertz CT molecular complexity index is 1280. The van der Waals surface area contributed by atoms with Crippen LogP contribution in [0.15, 0.2) is 24.4 Å². The Morgan fingerprint density at radius 3 is 2.56 bits per heavy atom. The number of benzene rings is 1. The van der Waals surface area contributed by atoms with Crippen molar-refractivity contribution in [3.63, 3.8) is 0 Å². The molecule has 0 radical (unpaired) electrons. The second kappa shape index (κ2) is 11.5. The summed E-state index contributed by atoms with van der Waals surface area (Å²) in [5.41, 5.74) is 1.71. The Balaban J connectivity index is 1.22. The molecule has 1 aromatic heterocycles. The third-order valence-corrected chi connectivity index (χ3v) is 9.56. The first-order valence-corrected chi connectivity index (χ1v) is 15.3. The van der Waals surface area contributed by atoms with Crippen LogP contribution in [0.25, 0.3) is 0 Å². The molecule has 3 heterocycles. The van der Waals surface area contributed by atoms with Gasteiger partial charge in [0.1, 0.15) is 11.4 Å². The molecule has 0 unspecified atom stereocenters. The number of carbonyl (C=O) groups is 2. The average Bonchev–Trinajstić information content (AvgIpc) is 3.81. The SMILES string of the molecule is CCN1CCC(NC(=O)c2ccc(Nc3ncc4c(n3)N(C3CCCCC3)CC3(CC3)C(=O)N4C)c(OC)c2)CC1. The smallest absolute Gasteiger partial charge is 0.251 e. The number of piperidine rings is 1. The zero-order valence-corrected chi connectivity index (χ0v) is 24.6. The number of aromatic nitrogens is 2. The summed E-state index contributed by atoms with van der Waals surface area (Å²) >= 11 is 0. The monoisotopic (exact) mass is 561 g/mol. The van der Waals surface area contributed by atoms with Gasteiger partial charge in [0, 0.05) is 44.3 Å². The van der Waals surface area contributed by atoms with E-state index in [1.807, 2.05) is 19.2 Å². The van der Waals surface area contributed by atoms with Crippen LogP contribution in [0, 0.1) is 5.41 Å². The van der Waals surface area contributed by atoms with Gasteiger partial charge in [0.2, 0.25) is 11.9 Å². The number of hydrogen-bond acceptors (Lipinski definition) is 8. The first kappa shape index (κ1) is 27.8. The van der Waals surface area contributed by atoms with E-state index in [2.05, 4.69) is 32.3 Å². The molecule has 6 rings (SSSR count). The molecule has 1 saturated heterocycles. The molecule has 2 saturated carbocycles. The molecule has 2 aromatic rings. The van der Waals surface area contributed by atoms with Crippen molar-refractivity contribution in [2.75, 3.05) is 55.5 Å². The molecule has 1 aromatic carbocycles. The van der Waals surface area contributed by atoms with Crippen molar-refractivity contribution in [2.24, 2.45) is 5.41 Å². The normalized spacial score (nSPS) is 21.4. The summed E-state index contributed by atoms with van der Waals surface area (Å²) in [6.45, 7) is 5.96. The summed E-state index contributed by atoms with van der Waals surface area (Å²) in [4.78, 5) is 42.6. The largest absolute Gasteiger partial charge is 0.495 e. The minimum absolute atomic E-state index is 0.0871. The van der Waals surface area contributed by atoms with E-state index >= 15 is 0 Å². The van der Waals surface area contributed by atoms with Gasteiger partial charge >= 0.3 is 0 Å². The van der Waals surface area contributed by atoms with Gasteiger partial charge in [-0.3, -0.25) is 9.59 Å². The van der Waals surface area contributed by atoms with Crippen LogP contribution in [0.5, 0.6) is 5.75 Å². The second-order valence-corrected chi connectivity index (χ2v) is 12.2. The maximum atomic E-state index is 13.4. The van der Waals surface area contributed by atoms with Crippen molar-refractivity contribution in [1.29, 1.82) is 0 Å². The summed E-state index contributed by atoms with van der Waals surface area (Å²) in [7, 11) is 3.45. The van der Waals surface area contributed by atoms with Crippen LogP contribution in [0.3, 0.4) is 0 Å². The number of amides is 2. The first-order chi connectivity index (χ1) is 19.9. The predicted octanol–water partition coefficient (Wildman–Crippen LogP) is 4.34. The third-order valence-electron chi connectivity index (χ3n) is 9.56. The molecule has 0 atom stereocenters. The molecule has 2 aliphatic heterocycles. The van der Waals surface area contributed by atoms with Gasteiger partial charge in [-0.25, -0.2) is 4.98 Å². The van der Waals surface area contributed by atoms with Crippen molar-refractivity contribution in [3.8, 4) is 5.75 Å². The quantitative estimate of drug-likeness (QED) is 0.515. The average molecular weight is 562 g/mol. The molecule has 41 heavy (non-hydrogen) atoms. The molecular formula is C31H43N7O3. The van der Waals surface area contributed by atoms with E-state index in [0.717, 1.165) is 76.2 Å². The number of nitrogens with one attached hydrogen (secondary N) is 2. The minimum atomic E-state index is -0.298. The zero-order valence-electron chi connectivity index (χ0n) is 24.6. The number of ether oxygens (including phenoxy) is 1. The number of likely N-dealkylation sites (tertiary alicyclic amines) is 1. The fourth-order valence-corrected chi connectivity index (χ4v) is 6.74. The van der Waals surface area contributed by atoms with Gasteiger partial charge in [0.25, 0.3) is 5.91 Å². The van der Waals surface area contributed by atoms with Crippen molar-refractivity contribution in [1.82, 2.24) is 20.2 Å². The van der Waals surface area contributed by atoms with Gasteiger partial charge in [0.05, 0.1) is 24.4 Å². The molecule has 1 spiro atoms. The van der Waals surface area contributed by atoms with Gasteiger partial charge in [-0.2, -0.15) is 4.98 Å². The van der Waals surface area contributed by atoms with E-state index in [0.29, 0.717) is 29.0 Å². The van der Waals surface area contributed by atoms with Crippen LogP contribution in [-0.2, 0) is 4.79 Å². The molecule has 10 heteroatoms. The highest BCUT2D eigenvalue weighted by atomic mass is 16.5. The van der Waals surface area contributed by atoms with E-state index in [1.165, 1.54) is 19.3 Å². The molecule has 2 amide bonds. The third kappa shape index (κ3) is 5.58. The maximum Gasteiger partial charge on any atom is 0.251 e. The molecule has 220 valence electrons. The lowest BCUT2D eigenvalue weighted by Gasteiger charge is -2.36. The van der Waals surface area contributed by atoms with E-state index in [1.54, 1.807) is 24.3 Å². The Morgan fingerprint density at radius 2 is 1.88 bits per heavy atom. The summed E-state index contributed by atoms with van der Waals surface area (Å²) in [6.07, 6.45) is 11.5. The number of methoxy groups -OCH3 is 1. The molecule has 10 nitrogen and oxygen atoms in total. The summed E-state index contributed by atoms with van der Waals surface area (Å²) in [5.74, 6) is 1.89. The summed E-state index contributed by atoms with van der Waals surface area (Å²) in [6, 6.07) is 5.98. The lowest BCUT2D eigenvalue weighted by Crippen LogP contribution is -2.44. The van der Waals surface area contributed by atoms with E-state index in [9.17, 15) is 9.59 Å². The maximum absolute atomic E-state index is 13.4. The van der Waals surface area contributed by atoms with Crippen molar-refractivity contribution >= 4 is 35.0 Å². The highest BCUT2D eigenvalue weighted by Gasteiger charge is 2.55. The highest BCUT2D eigenvalue weighted by Crippen LogP contribution is 2.52. The van der Waals surface area contributed by atoms with E-state index in [-0.39, 0.29) is 23.3 Å². The van der Waals surface area contributed by atoms with Gasteiger partial charge in [-0.1, -0.05) is 26.2 Å². The number of fused-ring (bicyclic) bond motifs is 1. The van der Waals surface area contributed by atoms with Gasteiger partial charge in [-0.05, 0) is 63.3 Å². The van der Waals surface area contributed by atoms with Crippen LogP contribution >= 0.6 is 0 Å². The zero-order chi connectivity index (χ0) is 28.6. The summed E-state index contributed by atoms with van der Waals surface area (Å²) in [5, 5.41) is 6.52. The number of anilines is 4. The van der Waals surface area contributed by atoms with Crippen LogP contribution < -0.4 is 25.2 Å². The number of carbonyl (C=O) groups excluding carboxylic acids is 2. The van der Waals surface area contributed by atoms with Crippen molar-refractivity contribution < 1.29 is 14.3 Å². The van der Waals surface area contributed by atoms with Gasteiger partial charge in [0.15, 0.2) is 5.82 Å². The number of rotatable bonds is 7. The molecule has 3 fully saturated rings. The van der Waals surface area contributed by atoms with E-state index in [4.69, 9.17) is 9.72 Å². The Kier molecular flexibility index (Phi) is 7.76. The van der Waals surface area contributed by atoms with Crippen LogP contribution in [0.1, 0.15) is 75.1 Å². The predicted molar refractivity (Wildman–Crippen MR) is 160 cm³/mol. The summed E-state index contributed by atoms with van der Waals surface area (Å²) < 4.78 is 5.67. The minimum Gasteiger partial charge on any atom is -0.495 e. The highest BCUT2D eigenvalue weighted by molar-refractivity contribution is 6.03. The van der Waals surface area contributed by atoms with Gasteiger partial charge < -0.3 is 30.1 Å². The molecule has 2 aliphatic carbocycles. The van der Waals surface area contributed by atoms with Gasteiger partial charge in [-0.15, -0.1) is 0 Å². The standard InChI is InChI=1S/C31H43N7O3/c1-4-37-16-12-22(13-17-37)33-28(39)21-10-11-24(26(18-21)41-3)34-30-32-19-25-27(35-30)38(23-8-6-5-7-9-23)20-31(14-15-31)29(40)36(25)2/h10-11,18-19,22-23H,4-9,12-17,20H2,1-3H3,(H,33,39)(H,32,34,35). The Hall–Kier alpha value is -3.40. The Morgan fingerprint density at radius 1 is 1.12 bits per heavy atom. The number of nitrogens with zero attached hydrogens (tertiary/aromatic N) is 5. The van der Waals surface area contributed by atoms with Crippen LogP contribution in [-0.4, -0.2) is 79.1 Å². The van der Waals surface area contributed by atoms with E-state index < -0.39 is 0 Å². The molecule has 2 N–H and O–H groups in total. The Labute approximate surface area is 242 Å². The lowest BCUT2D eigenvalue weighted by molar-refractivity contribution is -0.123. The van der Waals surface area contributed by atoms with Crippen molar-refractivity contribution in [2.45, 2.75) is 76.8 Å². The van der Waals surface area contributed by atoms with Crippen LogP contribution in [0.2, 0.25) is 0 Å². The fraction of sp³-hybridized carbons (Fsp3) is 0.613. The first-order valence-electron chi connectivity index (χ1n) is 15.3. The molecule has 0 bridgehead atoms. The lowest BCUT2D eigenvalue weighted by atomic mass is 9.93. The topological polar surface area (TPSA) is 103 Å². The molecular weight excluding hydrogens is 518 g/mol. The molecule has 4 aliphatic rings. The van der Waals surface area contributed by atoms with Crippen molar-refractivity contribution in [3.05, 3.63) is 30.0 Å². The van der Waals surface area contributed by atoms with Crippen LogP contribution in [0.4, 0.5) is 23.1 Å². The number of hydrogen-bond donors (Lipinski definition) is 2. The fourth-order valence-electron chi connectivity index (χ4n) is 6.74.